The Labute approximate surface area is 165 Å². The maximum Gasteiger partial charge on any atom is 0.267 e. The van der Waals surface area contributed by atoms with Gasteiger partial charge in [0.2, 0.25) is 0 Å². The standard InChI is InChI=1S/C20H19N3O4S/c1-10-7-14-18(28-10)21-12(3)23(20(14)26)9-16(24)13-5-6-17-15(8-13)22(4)19(25)11(2)27-17/h5-8,11H,9H2,1-4H3. The average molecular weight is 397 g/mol. The van der Waals surface area contributed by atoms with Crippen LogP contribution in [0.4, 0.5) is 5.69 Å². The smallest absolute Gasteiger partial charge is 0.267 e. The van der Waals surface area contributed by atoms with Crippen LogP contribution in [-0.2, 0) is 11.3 Å². The number of rotatable bonds is 3. The average Bonchev–Trinajstić information content (AvgIpc) is 3.03. The van der Waals surface area contributed by atoms with Gasteiger partial charge in [0.25, 0.3) is 11.5 Å². The van der Waals surface area contributed by atoms with Crippen molar-refractivity contribution in [3.63, 3.8) is 0 Å². The summed E-state index contributed by atoms with van der Waals surface area (Å²) in [7, 11) is 1.65. The number of thiophene rings is 1. The maximum absolute atomic E-state index is 12.9. The van der Waals surface area contributed by atoms with Crippen LogP contribution >= 0.6 is 11.3 Å². The Morgan fingerprint density at radius 2 is 2.00 bits per heavy atom. The highest BCUT2D eigenvalue weighted by molar-refractivity contribution is 7.18. The van der Waals surface area contributed by atoms with E-state index < -0.39 is 6.10 Å². The summed E-state index contributed by atoms with van der Waals surface area (Å²) in [6.45, 7) is 5.21. The van der Waals surface area contributed by atoms with Crippen molar-refractivity contribution in [2.45, 2.75) is 33.4 Å². The zero-order chi connectivity index (χ0) is 20.2. The van der Waals surface area contributed by atoms with Crippen LogP contribution in [0.3, 0.4) is 0 Å². The van der Waals surface area contributed by atoms with Crippen LogP contribution in [0.25, 0.3) is 10.2 Å². The topological polar surface area (TPSA) is 81.5 Å². The van der Waals surface area contributed by atoms with Crippen LogP contribution in [0, 0.1) is 13.8 Å². The van der Waals surface area contributed by atoms with Gasteiger partial charge >= 0.3 is 0 Å². The van der Waals surface area contributed by atoms with Crippen LogP contribution in [0.15, 0.2) is 29.1 Å². The predicted octanol–water partition coefficient (Wildman–Crippen LogP) is 2.70. The largest absolute Gasteiger partial charge is 0.479 e. The lowest BCUT2D eigenvalue weighted by molar-refractivity contribution is -0.125. The van der Waals surface area contributed by atoms with Crippen LogP contribution in [0.1, 0.15) is 28.0 Å². The first-order valence-electron chi connectivity index (χ1n) is 8.85. The predicted molar refractivity (Wildman–Crippen MR) is 108 cm³/mol. The number of aromatic nitrogens is 2. The zero-order valence-corrected chi connectivity index (χ0v) is 16.8. The number of nitrogens with zero attached hydrogens (tertiary/aromatic N) is 3. The molecule has 0 saturated carbocycles. The first kappa shape index (κ1) is 18.4. The Morgan fingerprint density at radius 3 is 2.75 bits per heavy atom. The molecule has 4 rings (SSSR count). The Morgan fingerprint density at radius 1 is 1.25 bits per heavy atom. The van der Waals surface area contributed by atoms with Crippen LogP contribution in [0.5, 0.6) is 5.75 Å². The number of likely N-dealkylation sites (N-methyl/N-ethyl adjacent to an activating group) is 1. The van der Waals surface area contributed by atoms with Gasteiger partial charge in [-0.1, -0.05) is 0 Å². The highest BCUT2D eigenvalue weighted by Gasteiger charge is 2.29. The molecule has 3 heterocycles. The molecule has 0 radical (unpaired) electrons. The SMILES string of the molecule is Cc1cc2c(=O)n(CC(=O)c3ccc4c(c3)N(C)C(=O)C(C)O4)c(C)nc2s1. The van der Waals surface area contributed by atoms with Crippen molar-refractivity contribution in [2.24, 2.45) is 0 Å². The molecule has 0 aliphatic carbocycles. The highest BCUT2D eigenvalue weighted by Crippen LogP contribution is 2.34. The van der Waals surface area contributed by atoms with Gasteiger partial charge in [-0.15, -0.1) is 11.3 Å². The first-order valence-corrected chi connectivity index (χ1v) is 9.67. The third-order valence-corrected chi connectivity index (χ3v) is 5.84. The molecule has 144 valence electrons. The Kier molecular flexibility index (Phi) is 4.30. The third kappa shape index (κ3) is 2.90. The number of aryl methyl sites for hydroxylation is 2. The summed E-state index contributed by atoms with van der Waals surface area (Å²) >= 11 is 1.46. The van der Waals surface area contributed by atoms with E-state index in [1.54, 1.807) is 45.2 Å². The first-order chi connectivity index (χ1) is 13.3. The second kappa shape index (κ2) is 6.56. The number of hydrogen-bond donors (Lipinski definition) is 0. The number of fused-ring (bicyclic) bond motifs is 2. The monoisotopic (exact) mass is 397 g/mol. The number of carbonyl (C=O) groups excluding carboxylic acids is 2. The third-order valence-electron chi connectivity index (χ3n) is 4.89. The molecule has 0 bridgehead atoms. The number of anilines is 1. The summed E-state index contributed by atoms with van der Waals surface area (Å²) in [6, 6.07) is 6.76. The molecule has 1 aliphatic rings. The highest BCUT2D eigenvalue weighted by atomic mass is 32.1. The van der Waals surface area contributed by atoms with E-state index in [4.69, 9.17) is 4.74 Å². The summed E-state index contributed by atoms with van der Waals surface area (Å²) < 4.78 is 6.98. The van der Waals surface area contributed by atoms with Gasteiger partial charge in [0.1, 0.15) is 16.4 Å². The molecule has 0 fully saturated rings. The van der Waals surface area contributed by atoms with E-state index in [0.29, 0.717) is 33.0 Å². The number of hydrogen-bond acceptors (Lipinski definition) is 6. The normalized spacial score (nSPS) is 16.2. The van der Waals surface area contributed by atoms with Gasteiger partial charge < -0.3 is 9.64 Å². The molecule has 7 nitrogen and oxygen atoms in total. The number of Topliss-reactive ketones (excluding diaryl/α,β-unsaturated/α-hetero) is 1. The fourth-order valence-corrected chi connectivity index (χ4v) is 4.26. The molecule has 2 aromatic heterocycles. The summed E-state index contributed by atoms with van der Waals surface area (Å²) in [4.78, 5) is 45.4. The van der Waals surface area contributed by atoms with E-state index in [0.717, 1.165) is 4.88 Å². The lowest BCUT2D eigenvalue weighted by atomic mass is 10.1. The minimum Gasteiger partial charge on any atom is -0.479 e. The minimum atomic E-state index is -0.563. The zero-order valence-electron chi connectivity index (χ0n) is 16.0. The van der Waals surface area contributed by atoms with Gasteiger partial charge in [0, 0.05) is 17.5 Å². The number of ketones is 1. The van der Waals surface area contributed by atoms with Crippen LogP contribution in [-0.4, -0.2) is 34.4 Å². The molecule has 3 aromatic rings. The van der Waals surface area contributed by atoms with Crippen molar-refractivity contribution >= 4 is 38.9 Å². The minimum absolute atomic E-state index is 0.115. The molecule has 1 atom stereocenters. The van der Waals surface area contributed by atoms with E-state index in [-0.39, 0.29) is 23.8 Å². The van der Waals surface area contributed by atoms with Crippen molar-refractivity contribution in [2.75, 3.05) is 11.9 Å². The van der Waals surface area contributed by atoms with Crippen LogP contribution in [0.2, 0.25) is 0 Å². The van der Waals surface area contributed by atoms with Crippen molar-refractivity contribution in [3.8, 4) is 5.75 Å². The Hall–Kier alpha value is -3.00. The molecular formula is C20H19N3O4S. The van der Waals surface area contributed by atoms with Gasteiger partial charge in [-0.05, 0) is 45.0 Å². The van der Waals surface area contributed by atoms with Crippen molar-refractivity contribution in [1.29, 1.82) is 0 Å². The van der Waals surface area contributed by atoms with E-state index in [2.05, 4.69) is 4.98 Å². The molecule has 8 heteroatoms. The number of amides is 1. The quantitative estimate of drug-likeness (QED) is 0.635. The number of ether oxygens (including phenoxy) is 1. The molecule has 1 amide bonds. The summed E-state index contributed by atoms with van der Waals surface area (Å²) in [5.74, 6) is 0.638. The van der Waals surface area contributed by atoms with Gasteiger partial charge in [-0.25, -0.2) is 4.98 Å². The molecule has 1 aliphatic heterocycles. The second-order valence-corrected chi connectivity index (χ2v) is 8.12. The van der Waals surface area contributed by atoms with E-state index in [1.807, 2.05) is 6.92 Å². The molecule has 28 heavy (non-hydrogen) atoms. The van der Waals surface area contributed by atoms with Crippen LogP contribution < -0.4 is 15.2 Å². The van der Waals surface area contributed by atoms with Crippen molar-refractivity contribution < 1.29 is 14.3 Å². The fraction of sp³-hybridized carbons (Fsp3) is 0.300. The van der Waals surface area contributed by atoms with Crippen molar-refractivity contribution in [3.05, 3.63) is 50.9 Å². The van der Waals surface area contributed by atoms with Gasteiger partial charge in [-0.2, -0.15) is 0 Å². The van der Waals surface area contributed by atoms with E-state index in [1.165, 1.54) is 20.8 Å². The lowest BCUT2D eigenvalue weighted by Crippen LogP contribution is -2.42. The van der Waals surface area contributed by atoms with E-state index >= 15 is 0 Å². The summed E-state index contributed by atoms with van der Waals surface area (Å²) in [6.07, 6.45) is -0.563. The molecule has 0 spiro atoms. The molecular weight excluding hydrogens is 378 g/mol. The van der Waals surface area contributed by atoms with Gasteiger partial charge in [-0.3, -0.25) is 19.0 Å². The Balaban J connectivity index is 1.69. The number of benzene rings is 1. The van der Waals surface area contributed by atoms with Gasteiger partial charge in [0.05, 0.1) is 17.6 Å². The maximum atomic E-state index is 12.9. The molecule has 1 aromatic carbocycles. The Bertz CT molecular complexity index is 1190. The molecule has 1 unspecified atom stereocenters. The van der Waals surface area contributed by atoms with Crippen molar-refractivity contribution in [1.82, 2.24) is 9.55 Å². The summed E-state index contributed by atoms with van der Waals surface area (Å²) in [5.41, 5.74) is 0.729. The lowest BCUT2D eigenvalue weighted by Gasteiger charge is -2.30. The number of carbonyl (C=O) groups is 2. The summed E-state index contributed by atoms with van der Waals surface area (Å²) in [5, 5.41) is 0.527. The molecule has 0 saturated heterocycles. The van der Waals surface area contributed by atoms with E-state index in [9.17, 15) is 14.4 Å². The fourth-order valence-electron chi connectivity index (χ4n) is 3.34. The second-order valence-electron chi connectivity index (χ2n) is 6.89. The van der Waals surface area contributed by atoms with Gasteiger partial charge in [0.15, 0.2) is 11.9 Å². The molecule has 0 N–H and O–H groups in total.